The summed E-state index contributed by atoms with van der Waals surface area (Å²) in [6.45, 7) is 0.273. The van der Waals surface area contributed by atoms with Crippen LogP contribution in [0.15, 0.2) is 63.6 Å². The van der Waals surface area contributed by atoms with E-state index in [1.807, 2.05) is 48.5 Å². The second-order valence-electron chi connectivity index (χ2n) is 4.12. The number of carbonyl (C=O) groups excluding carboxylic acids is 1. The molecule has 0 aliphatic carbocycles. The number of halogens is 2. The Kier molecular flexibility index (Phi) is 5.56. The molecule has 0 unspecified atom stereocenters. The van der Waals surface area contributed by atoms with E-state index in [0.717, 1.165) is 20.1 Å². The summed E-state index contributed by atoms with van der Waals surface area (Å²) in [7, 11) is 0. The van der Waals surface area contributed by atoms with Crippen LogP contribution in [0.1, 0.15) is 11.1 Å². The maximum Gasteiger partial charge on any atom is 0.331 e. The minimum absolute atomic E-state index is 0.273. The van der Waals surface area contributed by atoms with Gasteiger partial charge in [0.1, 0.15) is 6.61 Å². The summed E-state index contributed by atoms with van der Waals surface area (Å²) in [5.41, 5.74) is 1.90. The number of carbonyl (C=O) groups is 1. The quantitative estimate of drug-likeness (QED) is 0.539. The zero-order valence-electron chi connectivity index (χ0n) is 10.6. The number of benzene rings is 2. The Balaban J connectivity index is 1.88. The lowest BCUT2D eigenvalue weighted by Crippen LogP contribution is -2.00. The third-order valence-corrected chi connectivity index (χ3v) is 3.58. The number of esters is 1. The van der Waals surface area contributed by atoms with Crippen molar-refractivity contribution in [3.63, 3.8) is 0 Å². The first-order valence-electron chi connectivity index (χ1n) is 5.98. The van der Waals surface area contributed by atoms with E-state index in [1.54, 1.807) is 6.08 Å². The predicted octanol–water partition coefficient (Wildman–Crippen LogP) is 4.97. The van der Waals surface area contributed by atoms with Crippen LogP contribution in [0.2, 0.25) is 0 Å². The Morgan fingerprint density at radius 1 is 1.05 bits per heavy atom. The number of ether oxygens (including phenoxy) is 1. The largest absolute Gasteiger partial charge is 0.458 e. The molecule has 20 heavy (non-hydrogen) atoms. The lowest BCUT2D eigenvalue weighted by molar-refractivity contribution is -0.138. The predicted molar refractivity (Wildman–Crippen MR) is 87.1 cm³/mol. The fourth-order valence-corrected chi connectivity index (χ4v) is 2.24. The summed E-state index contributed by atoms with van der Waals surface area (Å²) in [5.74, 6) is -0.354. The molecule has 2 aromatic carbocycles. The fourth-order valence-electron chi connectivity index (χ4n) is 1.56. The Labute approximate surface area is 134 Å². The van der Waals surface area contributed by atoms with Gasteiger partial charge in [-0.15, -0.1) is 0 Å². The molecule has 0 heterocycles. The van der Waals surface area contributed by atoms with E-state index >= 15 is 0 Å². The molecule has 0 amide bonds. The molecule has 0 saturated carbocycles. The summed E-state index contributed by atoms with van der Waals surface area (Å²) in [5, 5.41) is 0. The van der Waals surface area contributed by atoms with Gasteiger partial charge in [-0.1, -0.05) is 56.1 Å². The zero-order valence-corrected chi connectivity index (χ0v) is 13.7. The highest BCUT2D eigenvalue weighted by molar-refractivity contribution is 9.10. The van der Waals surface area contributed by atoms with Gasteiger partial charge in [-0.05, 0) is 41.5 Å². The Hall–Kier alpha value is -1.39. The molecular formula is C16H12Br2O2. The van der Waals surface area contributed by atoms with Crippen LogP contribution in [-0.4, -0.2) is 5.97 Å². The molecule has 2 rings (SSSR count). The molecule has 0 N–H and O–H groups in total. The molecule has 0 bridgehead atoms. The topological polar surface area (TPSA) is 26.3 Å². The van der Waals surface area contributed by atoms with Crippen molar-refractivity contribution >= 4 is 43.9 Å². The van der Waals surface area contributed by atoms with Gasteiger partial charge in [-0.3, -0.25) is 0 Å². The highest BCUT2D eigenvalue weighted by atomic mass is 79.9. The van der Waals surface area contributed by atoms with Gasteiger partial charge in [-0.25, -0.2) is 4.79 Å². The van der Waals surface area contributed by atoms with E-state index in [2.05, 4.69) is 31.9 Å². The van der Waals surface area contributed by atoms with Gasteiger partial charge in [0, 0.05) is 15.0 Å². The van der Waals surface area contributed by atoms with E-state index in [4.69, 9.17) is 4.74 Å². The van der Waals surface area contributed by atoms with Crippen molar-refractivity contribution < 1.29 is 9.53 Å². The van der Waals surface area contributed by atoms with Crippen LogP contribution in [0.4, 0.5) is 0 Å². The van der Waals surface area contributed by atoms with E-state index in [-0.39, 0.29) is 12.6 Å². The second-order valence-corrected chi connectivity index (χ2v) is 5.95. The first-order valence-corrected chi connectivity index (χ1v) is 7.57. The average molecular weight is 396 g/mol. The minimum atomic E-state index is -0.354. The van der Waals surface area contributed by atoms with E-state index < -0.39 is 0 Å². The van der Waals surface area contributed by atoms with E-state index in [9.17, 15) is 4.79 Å². The van der Waals surface area contributed by atoms with Crippen molar-refractivity contribution in [2.75, 3.05) is 0 Å². The van der Waals surface area contributed by atoms with Crippen LogP contribution in [0.5, 0.6) is 0 Å². The SMILES string of the molecule is O=C(C=Cc1cccc(Br)c1)OCc1ccc(Br)cc1. The molecule has 2 aromatic rings. The van der Waals surface area contributed by atoms with Crippen molar-refractivity contribution in [1.29, 1.82) is 0 Å². The first kappa shape index (κ1) is 15.0. The van der Waals surface area contributed by atoms with E-state index in [1.165, 1.54) is 6.08 Å². The monoisotopic (exact) mass is 394 g/mol. The van der Waals surface area contributed by atoms with Gasteiger partial charge in [0.15, 0.2) is 0 Å². The maximum absolute atomic E-state index is 11.6. The fraction of sp³-hybridized carbons (Fsp3) is 0.0625. The molecule has 102 valence electrons. The molecule has 2 nitrogen and oxygen atoms in total. The maximum atomic E-state index is 11.6. The molecule has 0 radical (unpaired) electrons. The zero-order chi connectivity index (χ0) is 14.4. The van der Waals surface area contributed by atoms with Gasteiger partial charge < -0.3 is 4.74 Å². The summed E-state index contributed by atoms with van der Waals surface area (Å²) in [6, 6.07) is 15.4. The molecule has 0 aromatic heterocycles. The summed E-state index contributed by atoms with van der Waals surface area (Å²) in [4.78, 5) is 11.6. The van der Waals surface area contributed by atoms with Gasteiger partial charge >= 0.3 is 5.97 Å². The summed E-state index contributed by atoms with van der Waals surface area (Å²) >= 11 is 6.74. The molecule has 0 saturated heterocycles. The van der Waals surface area contributed by atoms with Crippen LogP contribution in [0, 0.1) is 0 Å². The minimum Gasteiger partial charge on any atom is -0.458 e. The number of rotatable bonds is 4. The molecular weight excluding hydrogens is 384 g/mol. The summed E-state index contributed by atoms with van der Waals surface area (Å²) < 4.78 is 7.14. The van der Waals surface area contributed by atoms with Crippen molar-refractivity contribution in [1.82, 2.24) is 0 Å². The molecule has 0 aliphatic rings. The second kappa shape index (κ2) is 7.41. The van der Waals surface area contributed by atoms with Gasteiger partial charge in [-0.2, -0.15) is 0 Å². The van der Waals surface area contributed by atoms with Crippen LogP contribution in [-0.2, 0) is 16.1 Å². The Morgan fingerprint density at radius 3 is 2.50 bits per heavy atom. The van der Waals surface area contributed by atoms with Gasteiger partial charge in [0.05, 0.1) is 0 Å². The van der Waals surface area contributed by atoms with Gasteiger partial charge in [0.25, 0.3) is 0 Å². The third kappa shape index (κ3) is 4.94. The van der Waals surface area contributed by atoms with E-state index in [0.29, 0.717) is 0 Å². The molecule has 0 spiro atoms. The lowest BCUT2D eigenvalue weighted by Gasteiger charge is -2.02. The smallest absolute Gasteiger partial charge is 0.331 e. The molecule has 0 fully saturated rings. The van der Waals surface area contributed by atoms with Crippen LogP contribution in [0.3, 0.4) is 0 Å². The normalized spacial score (nSPS) is 10.7. The molecule has 4 heteroatoms. The van der Waals surface area contributed by atoms with Crippen molar-refractivity contribution in [3.05, 3.63) is 74.7 Å². The van der Waals surface area contributed by atoms with Crippen LogP contribution >= 0.6 is 31.9 Å². The van der Waals surface area contributed by atoms with Crippen molar-refractivity contribution in [3.8, 4) is 0 Å². The summed E-state index contributed by atoms with van der Waals surface area (Å²) in [6.07, 6.45) is 3.16. The third-order valence-electron chi connectivity index (χ3n) is 2.55. The van der Waals surface area contributed by atoms with Crippen LogP contribution in [0.25, 0.3) is 6.08 Å². The average Bonchev–Trinajstić information content (AvgIpc) is 2.45. The van der Waals surface area contributed by atoms with Crippen LogP contribution < -0.4 is 0 Å². The van der Waals surface area contributed by atoms with Crippen molar-refractivity contribution in [2.45, 2.75) is 6.61 Å². The standard InChI is InChI=1S/C16H12Br2O2/c17-14-7-4-13(5-8-14)11-20-16(19)9-6-12-2-1-3-15(18)10-12/h1-10H,11H2. The highest BCUT2D eigenvalue weighted by Crippen LogP contribution is 2.13. The Morgan fingerprint density at radius 2 is 1.80 bits per heavy atom. The highest BCUT2D eigenvalue weighted by Gasteiger charge is 1.99. The van der Waals surface area contributed by atoms with Crippen molar-refractivity contribution in [2.24, 2.45) is 0 Å². The molecule has 0 aliphatic heterocycles. The van der Waals surface area contributed by atoms with Gasteiger partial charge in [0.2, 0.25) is 0 Å². The number of hydrogen-bond donors (Lipinski definition) is 0. The molecule has 0 atom stereocenters. The number of hydrogen-bond acceptors (Lipinski definition) is 2. The lowest BCUT2D eigenvalue weighted by atomic mass is 10.2. The first-order chi connectivity index (χ1) is 9.63. The Bertz CT molecular complexity index is 619.